The van der Waals surface area contributed by atoms with Crippen LogP contribution in [0.5, 0.6) is 0 Å². The molecule has 2 aliphatic heterocycles. The van der Waals surface area contributed by atoms with E-state index < -0.39 is 0 Å². The number of hydrogen-bond acceptors (Lipinski definition) is 2. The Morgan fingerprint density at radius 2 is 1.56 bits per heavy atom. The molecule has 0 amide bonds. The Morgan fingerprint density at radius 3 is 2.44 bits per heavy atom. The van der Waals surface area contributed by atoms with Crippen molar-refractivity contribution in [3.05, 3.63) is 108 Å². The Morgan fingerprint density at radius 1 is 0.765 bits per heavy atom. The molecule has 4 heteroatoms. The van der Waals surface area contributed by atoms with Gasteiger partial charge in [0, 0.05) is 16.3 Å². The summed E-state index contributed by atoms with van der Waals surface area (Å²) in [5.41, 5.74) is 6.49. The van der Waals surface area contributed by atoms with Crippen molar-refractivity contribution in [1.82, 2.24) is 4.57 Å². The normalized spacial score (nSPS) is 11.5. The first-order chi connectivity index (χ1) is 16.8. The van der Waals surface area contributed by atoms with Crippen molar-refractivity contribution in [1.29, 1.82) is 5.26 Å². The van der Waals surface area contributed by atoms with Gasteiger partial charge in [0.2, 0.25) is 0 Å². The van der Waals surface area contributed by atoms with Crippen LogP contribution in [0, 0.1) is 17.9 Å². The van der Waals surface area contributed by atoms with Gasteiger partial charge in [0.15, 0.2) is 5.69 Å². The lowest BCUT2D eigenvalue weighted by Gasteiger charge is -2.24. The topological polar surface area (TPSA) is 33.1 Å². The van der Waals surface area contributed by atoms with E-state index in [2.05, 4.69) is 88.3 Å². The quantitative estimate of drug-likeness (QED) is 0.140. The second-order valence-electron chi connectivity index (χ2n) is 8.41. The maximum absolute atomic E-state index is 9.52. The highest BCUT2D eigenvalue weighted by molar-refractivity contribution is 7.24. The van der Waals surface area contributed by atoms with Gasteiger partial charge in [-0.3, -0.25) is 0 Å². The molecule has 0 aromatic heterocycles. The predicted molar refractivity (Wildman–Crippen MR) is 141 cm³/mol. The van der Waals surface area contributed by atoms with Gasteiger partial charge in [-0.2, -0.15) is 5.26 Å². The molecule has 5 aromatic carbocycles. The van der Waals surface area contributed by atoms with Gasteiger partial charge in [0.05, 0.1) is 38.8 Å². The minimum atomic E-state index is 0.478. The monoisotopic (exact) mass is 449 g/mol. The van der Waals surface area contributed by atoms with Gasteiger partial charge in [-0.1, -0.05) is 48.5 Å². The summed E-state index contributed by atoms with van der Waals surface area (Å²) < 4.78 is 4.89. The minimum Gasteiger partial charge on any atom is -0.306 e. The van der Waals surface area contributed by atoms with Gasteiger partial charge in [-0.05, 0) is 64.4 Å². The largest absolute Gasteiger partial charge is 0.306 e. The molecule has 2 aliphatic rings. The van der Waals surface area contributed by atoms with Crippen molar-refractivity contribution in [2.45, 2.75) is 0 Å². The fourth-order valence-corrected chi connectivity index (χ4v) is 6.31. The summed E-state index contributed by atoms with van der Waals surface area (Å²) in [6.45, 7) is 7.48. The molecule has 3 nitrogen and oxygen atoms in total. The standard InChI is InChI=1S/C30H15N3S/c1-32-20-15-18(17-31)14-19(16-20)21-12-13-26-29-22(21)6-4-7-23(29)24-8-5-11-28-30(24)33(26)25-9-2-3-10-27(25)34-28/h2-16H. The van der Waals surface area contributed by atoms with Crippen LogP contribution in [0.25, 0.3) is 63.6 Å². The summed E-state index contributed by atoms with van der Waals surface area (Å²) in [7, 11) is 0. The molecular formula is C30H15N3S. The van der Waals surface area contributed by atoms with Gasteiger partial charge < -0.3 is 4.57 Å². The molecule has 0 spiro atoms. The van der Waals surface area contributed by atoms with Crippen molar-refractivity contribution in [3.8, 4) is 22.9 Å². The van der Waals surface area contributed by atoms with E-state index in [9.17, 15) is 5.26 Å². The van der Waals surface area contributed by atoms with Gasteiger partial charge in [-0.15, -0.1) is 11.3 Å². The van der Waals surface area contributed by atoms with E-state index in [1.165, 1.54) is 36.8 Å². The van der Waals surface area contributed by atoms with E-state index >= 15 is 0 Å². The number of fused-ring (bicyclic) bond motifs is 4. The third-order valence-corrected chi connectivity index (χ3v) is 7.70. The van der Waals surface area contributed by atoms with Gasteiger partial charge in [0.1, 0.15) is 0 Å². The van der Waals surface area contributed by atoms with E-state index in [0.29, 0.717) is 11.3 Å². The summed E-state index contributed by atoms with van der Waals surface area (Å²) in [4.78, 5) is 3.59. The first-order valence-corrected chi connectivity index (χ1v) is 11.8. The second kappa shape index (κ2) is 6.93. The molecule has 2 heterocycles. The number of benzene rings is 5. The summed E-state index contributed by atoms with van der Waals surface area (Å²) in [6.07, 6.45) is 0. The highest BCUT2D eigenvalue weighted by atomic mass is 32.1. The van der Waals surface area contributed by atoms with Crippen LogP contribution in [0.1, 0.15) is 5.56 Å². The zero-order valence-electron chi connectivity index (χ0n) is 17.9. The third kappa shape index (κ3) is 2.49. The number of pyridine rings is 1. The molecule has 0 fully saturated rings. The molecule has 0 atom stereocenters. The fourth-order valence-electron chi connectivity index (χ4n) is 5.22. The molecule has 0 saturated carbocycles. The van der Waals surface area contributed by atoms with Crippen molar-refractivity contribution < 1.29 is 0 Å². The van der Waals surface area contributed by atoms with Crippen molar-refractivity contribution >= 4 is 59.0 Å². The van der Waals surface area contributed by atoms with Gasteiger partial charge in [0.25, 0.3) is 0 Å². The van der Waals surface area contributed by atoms with E-state index in [4.69, 9.17) is 6.57 Å². The third-order valence-electron chi connectivity index (χ3n) is 6.59. The zero-order valence-corrected chi connectivity index (χ0v) is 18.7. The first-order valence-electron chi connectivity index (χ1n) is 11.0. The number of para-hydroxylation sites is 2. The molecule has 0 N–H and O–H groups in total. The van der Waals surface area contributed by atoms with E-state index in [-0.39, 0.29) is 0 Å². The first kappa shape index (κ1) is 18.9. The molecule has 34 heavy (non-hydrogen) atoms. The lowest BCUT2D eigenvalue weighted by Crippen LogP contribution is -2.04. The molecule has 5 aromatic rings. The number of hydrogen-bond donors (Lipinski definition) is 0. The van der Waals surface area contributed by atoms with Crippen molar-refractivity contribution in [3.63, 3.8) is 0 Å². The Hall–Kier alpha value is -4.64. The summed E-state index contributed by atoms with van der Waals surface area (Å²) in [5, 5.41) is 14.3. The molecule has 0 unspecified atom stereocenters. The smallest absolute Gasteiger partial charge is 0.189 e. The Labute approximate surface area is 199 Å². The van der Waals surface area contributed by atoms with Gasteiger partial charge >= 0.3 is 0 Å². The average Bonchev–Trinajstić information content (AvgIpc) is 2.90. The van der Waals surface area contributed by atoms with Gasteiger partial charge in [-0.25, -0.2) is 4.85 Å². The maximum atomic E-state index is 9.52. The average molecular weight is 450 g/mol. The number of aromatic nitrogens is 1. The van der Waals surface area contributed by atoms with Crippen LogP contribution in [0.4, 0.5) is 5.69 Å². The van der Waals surface area contributed by atoms with Crippen LogP contribution < -0.4 is 0 Å². The summed E-state index contributed by atoms with van der Waals surface area (Å²) in [6, 6.07) is 33.5. The molecule has 7 rings (SSSR count). The Kier molecular flexibility index (Phi) is 3.85. The molecule has 0 bridgehead atoms. The molecule has 156 valence electrons. The summed E-state index contributed by atoms with van der Waals surface area (Å²) in [5.74, 6) is 0. The second-order valence-corrected chi connectivity index (χ2v) is 9.49. The number of nitrogens with zero attached hydrogens (tertiary/aromatic N) is 3. The minimum absolute atomic E-state index is 0.478. The van der Waals surface area contributed by atoms with Crippen LogP contribution in [-0.4, -0.2) is 4.57 Å². The van der Waals surface area contributed by atoms with Crippen LogP contribution >= 0.6 is 11.3 Å². The Balaban J connectivity index is 1.72. The van der Waals surface area contributed by atoms with Crippen LogP contribution in [-0.2, 0) is 0 Å². The van der Waals surface area contributed by atoms with Crippen LogP contribution in [0.3, 0.4) is 0 Å². The number of rotatable bonds is 1. The van der Waals surface area contributed by atoms with Crippen molar-refractivity contribution in [2.24, 2.45) is 0 Å². The number of nitriles is 1. The lowest BCUT2D eigenvalue weighted by atomic mass is 9.92. The Bertz CT molecular complexity index is 1960. The highest BCUT2D eigenvalue weighted by Crippen LogP contribution is 2.44. The van der Waals surface area contributed by atoms with Crippen LogP contribution in [0.2, 0.25) is 0 Å². The molecule has 0 aliphatic carbocycles. The predicted octanol–water partition coefficient (Wildman–Crippen LogP) is 8.68. The van der Waals surface area contributed by atoms with E-state index in [0.717, 1.165) is 22.0 Å². The van der Waals surface area contributed by atoms with E-state index in [1.54, 1.807) is 6.07 Å². The van der Waals surface area contributed by atoms with Crippen LogP contribution in [0.15, 0.2) is 91.0 Å². The maximum Gasteiger partial charge on any atom is 0.189 e. The summed E-state index contributed by atoms with van der Waals surface area (Å²) >= 11 is 1.82. The molecular weight excluding hydrogens is 434 g/mol. The molecule has 0 saturated heterocycles. The lowest BCUT2D eigenvalue weighted by molar-refractivity contribution is 1.20. The highest BCUT2D eigenvalue weighted by Gasteiger charge is 2.20. The van der Waals surface area contributed by atoms with E-state index in [1.807, 2.05) is 23.5 Å². The SMILES string of the molecule is [C-]#[N+]c1cc(C#N)cc(-c2ccc3c4c2cccc4c2cccc4sc5ccccc5n3-c42)c1. The zero-order chi connectivity index (χ0) is 22.8. The molecule has 0 radical (unpaired) electrons. The van der Waals surface area contributed by atoms with Crippen molar-refractivity contribution in [2.75, 3.05) is 0 Å². The fraction of sp³-hybridized carbons (Fsp3) is 0.